The van der Waals surface area contributed by atoms with E-state index in [1.165, 1.54) is 0 Å². The van der Waals surface area contributed by atoms with Gasteiger partial charge in [0.25, 0.3) is 0 Å². The molecule has 2 heterocycles. The minimum atomic E-state index is 0.421. The third-order valence-electron chi connectivity index (χ3n) is 3.40. The predicted molar refractivity (Wildman–Crippen MR) is 78.8 cm³/mol. The lowest BCUT2D eigenvalue weighted by atomic mass is 10.1. The van der Waals surface area contributed by atoms with Gasteiger partial charge in [-0.05, 0) is 18.9 Å². The Bertz CT molecular complexity index is 381. The largest absolute Gasteiger partial charge is 0.481 e. The van der Waals surface area contributed by atoms with Gasteiger partial charge < -0.3 is 9.47 Å². The first-order valence-corrected chi connectivity index (χ1v) is 7.83. The third kappa shape index (κ3) is 4.44. The van der Waals surface area contributed by atoms with E-state index in [1.54, 1.807) is 13.3 Å². The molecule has 5 heteroatoms. The van der Waals surface area contributed by atoms with E-state index in [0.717, 1.165) is 55.9 Å². The topological polar surface area (TPSA) is 34.6 Å². The molecule has 1 aromatic rings. The van der Waals surface area contributed by atoms with Crippen molar-refractivity contribution in [2.75, 3.05) is 32.1 Å². The lowest BCUT2D eigenvalue weighted by molar-refractivity contribution is 0.0140. The summed E-state index contributed by atoms with van der Waals surface area (Å²) in [4.78, 5) is 6.68. The predicted octanol–water partition coefficient (Wildman–Crippen LogP) is 2.47. The zero-order valence-electron chi connectivity index (χ0n) is 11.3. The number of hydrogen-bond acceptors (Lipinski definition) is 4. The monoisotopic (exact) mass is 328 g/mol. The third-order valence-corrected chi connectivity index (χ3v) is 3.73. The Labute approximate surface area is 123 Å². The Morgan fingerprint density at radius 2 is 2.21 bits per heavy atom. The number of ether oxygens (including phenoxy) is 2. The Balaban J connectivity index is 1.82. The highest BCUT2D eigenvalue weighted by Gasteiger charge is 2.20. The second-order valence-electron chi connectivity index (χ2n) is 4.71. The van der Waals surface area contributed by atoms with E-state index < -0.39 is 0 Å². The molecule has 1 fully saturated rings. The van der Waals surface area contributed by atoms with Crippen molar-refractivity contribution in [3.63, 3.8) is 0 Å². The van der Waals surface area contributed by atoms with Crippen LogP contribution < -0.4 is 4.74 Å². The van der Waals surface area contributed by atoms with Gasteiger partial charge in [0.15, 0.2) is 0 Å². The van der Waals surface area contributed by atoms with E-state index in [0.29, 0.717) is 6.10 Å². The van der Waals surface area contributed by atoms with Gasteiger partial charge in [-0.25, -0.2) is 4.98 Å². The second kappa shape index (κ2) is 7.82. The van der Waals surface area contributed by atoms with Crippen molar-refractivity contribution in [2.45, 2.75) is 25.5 Å². The van der Waals surface area contributed by atoms with Crippen LogP contribution in [0, 0.1) is 0 Å². The molecule has 0 aliphatic carbocycles. The number of pyridine rings is 1. The summed E-state index contributed by atoms with van der Waals surface area (Å²) in [5.74, 6) is 0.736. The number of alkyl halides is 1. The quantitative estimate of drug-likeness (QED) is 0.751. The number of aromatic nitrogens is 1. The maximum atomic E-state index is 5.76. The van der Waals surface area contributed by atoms with Crippen LogP contribution in [-0.4, -0.2) is 48.1 Å². The molecule has 0 atom stereocenters. The zero-order chi connectivity index (χ0) is 13.5. The van der Waals surface area contributed by atoms with E-state index in [2.05, 4.69) is 31.9 Å². The molecule has 0 spiro atoms. The van der Waals surface area contributed by atoms with Gasteiger partial charge in [-0.3, -0.25) is 4.90 Å². The fourth-order valence-electron chi connectivity index (χ4n) is 2.41. The van der Waals surface area contributed by atoms with Crippen LogP contribution >= 0.6 is 15.9 Å². The fourth-order valence-corrected chi connectivity index (χ4v) is 2.60. The first-order chi connectivity index (χ1) is 9.33. The van der Waals surface area contributed by atoms with Gasteiger partial charge in [0.05, 0.1) is 19.8 Å². The fraction of sp³-hybridized carbons (Fsp3) is 0.643. The van der Waals surface area contributed by atoms with Gasteiger partial charge in [0, 0.05) is 36.7 Å². The van der Waals surface area contributed by atoms with E-state index in [4.69, 9.17) is 9.47 Å². The lowest BCUT2D eigenvalue weighted by Gasteiger charge is -2.31. The summed E-state index contributed by atoms with van der Waals surface area (Å²) in [6.45, 7) is 3.86. The number of nitrogens with zero attached hydrogens (tertiary/aromatic N) is 2. The van der Waals surface area contributed by atoms with E-state index in [-0.39, 0.29) is 0 Å². The molecule has 0 aromatic carbocycles. The molecule has 0 unspecified atom stereocenters. The van der Waals surface area contributed by atoms with Gasteiger partial charge in [-0.15, -0.1) is 0 Å². The Morgan fingerprint density at radius 3 is 2.89 bits per heavy atom. The number of piperidine rings is 1. The molecule has 0 saturated carbocycles. The normalized spacial score (nSPS) is 17.6. The van der Waals surface area contributed by atoms with E-state index >= 15 is 0 Å². The average Bonchev–Trinajstić information content (AvgIpc) is 2.47. The van der Waals surface area contributed by atoms with Crippen LogP contribution in [0.2, 0.25) is 0 Å². The van der Waals surface area contributed by atoms with Crippen LogP contribution in [0.4, 0.5) is 0 Å². The number of rotatable bonds is 6. The van der Waals surface area contributed by atoms with Crippen molar-refractivity contribution in [3.8, 4) is 5.88 Å². The summed E-state index contributed by atoms with van der Waals surface area (Å²) in [5.41, 5.74) is 1.16. The lowest BCUT2D eigenvalue weighted by Crippen LogP contribution is -2.36. The molecule has 0 amide bonds. The van der Waals surface area contributed by atoms with Crippen LogP contribution in [0.15, 0.2) is 18.3 Å². The highest BCUT2D eigenvalue weighted by atomic mass is 79.9. The van der Waals surface area contributed by atoms with Gasteiger partial charge in [0.2, 0.25) is 5.88 Å². The van der Waals surface area contributed by atoms with E-state index in [1.807, 2.05) is 6.07 Å². The maximum Gasteiger partial charge on any atom is 0.217 e. The minimum absolute atomic E-state index is 0.421. The number of hydrogen-bond donors (Lipinski definition) is 0. The summed E-state index contributed by atoms with van der Waals surface area (Å²) < 4.78 is 11.1. The van der Waals surface area contributed by atoms with E-state index in [9.17, 15) is 0 Å². The number of likely N-dealkylation sites (tertiary alicyclic amines) is 1. The summed E-state index contributed by atoms with van der Waals surface area (Å²) >= 11 is 3.39. The first kappa shape index (κ1) is 14.8. The van der Waals surface area contributed by atoms with Crippen LogP contribution in [-0.2, 0) is 11.3 Å². The molecule has 0 radical (unpaired) electrons. The van der Waals surface area contributed by atoms with Gasteiger partial charge in [0.1, 0.15) is 0 Å². The standard InChI is InChI=1S/C14H21BrN2O2/c1-18-14-12(3-2-7-16-14)11-17-8-4-13(5-9-17)19-10-6-15/h2-3,7,13H,4-6,8-11H2,1H3. The van der Waals surface area contributed by atoms with Crippen LogP contribution in [0.25, 0.3) is 0 Å². The van der Waals surface area contributed by atoms with Gasteiger partial charge >= 0.3 is 0 Å². The Morgan fingerprint density at radius 1 is 1.42 bits per heavy atom. The van der Waals surface area contributed by atoms with Crippen molar-refractivity contribution in [3.05, 3.63) is 23.9 Å². The molecular formula is C14H21BrN2O2. The van der Waals surface area contributed by atoms with Crippen molar-refractivity contribution in [1.82, 2.24) is 9.88 Å². The molecule has 1 saturated heterocycles. The van der Waals surface area contributed by atoms with Gasteiger partial charge in [-0.2, -0.15) is 0 Å². The molecule has 1 aliphatic heterocycles. The maximum absolute atomic E-state index is 5.76. The minimum Gasteiger partial charge on any atom is -0.481 e. The zero-order valence-corrected chi connectivity index (χ0v) is 12.9. The number of halogens is 1. The van der Waals surface area contributed by atoms with Gasteiger partial charge in [-0.1, -0.05) is 22.0 Å². The first-order valence-electron chi connectivity index (χ1n) is 6.71. The van der Waals surface area contributed by atoms with Crippen LogP contribution in [0.5, 0.6) is 5.88 Å². The second-order valence-corrected chi connectivity index (χ2v) is 5.50. The van der Waals surface area contributed by atoms with Crippen LogP contribution in [0.3, 0.4) is 0 Å². The highest BCUT2D eigenvalue weighted by molar-refractivity contribution is 9.09. The SMILES string of the molecule is COc1ncccc1CN1CCC(OCCBr)CC1. The van der Waals surface area contributed by atoms with Crippen molar-refractivity contribution in [2.24, 2.45) is 0 Å². The molecule has 1 aliphatic rings. The molecule has 4 nitrogen and oxygen atoms in total. The summed E-state index contributed by atoms with van der Waals surface area (Å²) in [6, 6.07) is 4.04. The van der Waals surface area contributed by atoms with Crippen molar-refractivity contribution < 1.29 is 9.47 Å². The highest BCUT2D eigenvalue weighted by Crippen LogP contribution is 2.20. The molecule has 1 aromatic heterocycles. The molecule has 106 valence electrons. The summed E-state index contributed by atoms with van der Waals surface area (Å²) in [6.07, 6.45) is 4.40. The molecule has 0 bridgehead atoms. The molecule has 19 heavy (non-hydrogen) atoms. The summed E-state index contributed by atoms with van der Waals surface area (Å²) in [7, 11) is 1.67. The molecule has 0 N–H and O–H groups in total. The molecule has 2 rings (SSSR count). The smallest absolute Gasteiger partial charge is 0.217 e. The average molecular weight is 329 g/mol. The number of methoxy groups -OCH3 is 1. The van der Waals surface area contributed by atoms with Crippen LogP contribution in [0.1, 0.15) is 18.4 Å². The van der Waals surface area contributed by atoms with Crippen molar-refractivity contribution >= 4 is 15.9 Å². The Hall–Kier alpha value is -0.650. The van der Waals surface area contributed by atoms with Crippen molar-refractivity contribution in [1.29, 1.82) is 0 Å². The molecular weight excluding hydrogens is 308 g/mol. The Kier molecular flexibility index (Phi) is 6.07. The summed E-state index contributed by atoms with van der Waals surface area (Å²) in [5, 5.41) is 0.917.